The highest BCUT2D eigenvalue weighted by molar-refractivity contribution is 6.12. The Hall–Kier alpha value is -8.06. The van der Waals surface area contributed by atoms with Crippen LogP contribution in [0.5, 0.6) is 0 Å². The van der Waals surface area contributed by atoms with Gasteiger partial charge in [0.2, 0.25) is 41.4 Å². The van der Waals surface area contributed by atoms with E-state index < -0.39 is 108 Å². The zero-order valence-corrected chi connectivity index (χ0v) is 58.3. The molecule has 0 aromatic heterocycles. The second-order valence-electron chi connectivity index (χ2n) is 26.1. The molecule has 2 heterocycles. The number of imide groups is 1. The van der Waals surface area contributed by atoms with E-state index in [0.717, 1.165) is 10.5 Å². The van der Waals surface area contributed by atoms with E-state index in [4.69, 9.17) is 19.9 Å². The number of amides is 10. The van der Waals surface area contributed by atoms with Crippen molar-refractivity contribution >= 4 is 64.9 Å². The second kappa shape index (κ2) is 39.2. The minimum Gasteiger partial charge on any atom is -0.445 e. The van der Waals surface area contributed by atoms with E-state index in [1.807, 2.05) is 76.2 Å². The monoisotopic (exact) mass is 1330 g/mol. The maximum Gasteiger partial charge on any atom is 0.410 e. The van der Waals surface area contributed by atoms with Gasteiger partial charge in [-0.15, -0.1) is 0 Å². The molecule has 0 bridgehead atoms. The molecule has 0 spiro atoms. The quantitative estimate of drug-likeness (QED) is 0.0242. The van der Waals surface area contributed by atoms with E-state index in [0.29, 0.717) is 81.3 Å². The summed E-state index contributed by atoms with van der Waals surface area (Å²) in [6.45, 7) is 15.5. The van der Waals surface area contributed by atoms with E-state index in [1.54, 1.807) is 80.9 Å². The van der Waals surface area contributed by atoms with Crippen molar-refractivity contribution in [3.05, 3.63) is 114 Å². The molecule has 2 aliphatic heterocycles. The van der Waals surface area contributed by atoms with Gasteiger partial charge >= 0.3 is 6.09 Å². The smallest absolute Gasteiger partial charge is 0.410 e. The fraction of sp³-hybridized carbons (Fsp3) is 0.583. The zero-order valence-electron chi connectivity index (χ0n) is 58.3. The molecule has 0 aliphatic carbocycles. The number of aliphatic hydroxyl groups excluding tert-OH is 1. The first-order valence-corrected chi connectivity index (χ1v) is 33.9. The number of anilines is 1. The molecule has 1 saturated heterocycles. The molecule has 10 amide bonds. The number of nitrogens with zero attached hydrogens (tertiary/aromatic N) is 4. The number of rotatable bonds is 39. The van der Waals surface area contributed by atoms with Gasteiger partial charge in [-0.05, 0) is 105 Å². The lowest BCUT2D eigenvalue weighted by Gasteiger charge is -2.41. The van der Waals surface area contributed by atoms with Crippen molar-refractivity contribution in [3.8, 4) is 0 Å². The summed E-state index contributed by atoms with van der Waals surface area (Å²) < 4.78 is 17.8. The van der Waals surface area contributed by atoms with Crippen LogP contribution in [0.4, 0.5) is 10.5 Å². The van der Waals surface area contributed by atoms with Crippen molar-refractivity contribution in [2.24, 2.45) is 29.4 Å². The second-order valence-corrected chi connectivity index (χ2v) is 26.1. The van der Waals surface area contributed by atoms with Crippen LogP contribution < -0.4 is 32.3 Å². The van der Waals surface area contributed by atoms with Gasteiger partial charge in [0, 0.05) is 72.1 Å². The number of unbranched alkanes of at least 4 members (excludes halogenated alkanes) is 3. The number of likely N-dealkylation sites (N-methyl/N-ethyl adjacent to an activating group) is 2. The van der Waals surface area contributed by atoms with E-state index in [1.165, 1.54) is 38.3 Å². The molecule has 2 aliphatic rings. The Morgan fingerprint density at radius 1 is 0.688 bits per heavy atom. The summed E-state index contributed by atoms with van der Waals surface area (Å²) in [5.41, 5.74) is 8.21. The largest absolute Gasteiger partial charge is 0.445 e. The van der Waals surface area contributed by atoms with Gasteiger partial charge in [-0.3, -0.25) is 53.0 Å². The Labute approximate surface area is 566 Å². The number of carbonyl (C=O) groups is 10. The first-order valence-electron chi connectivity index (χ1n) is 33.9. The molecule has 0 saturated carbocycles. The Balaban J connectivity index is 1.18. The molecular formula is C72H106N10O14. The molecule has 24 nitrogen and oxygen atoms in total. The third-order valence-corrected chi connectivity index (χ3v) is 18.4. The molecule has 528 valence electrons. The van der Waals surface area contributed by atoms with Crippen LogP contribution in [-0.2, 0) is 70.4 Å². The van der Waals surface area contributed by atoms with Gasteiger partial charge in [-0.1, -0.05) is 134 Å². The molecule has 5 rings (SSSR count). The summed E-state index contributed by atoms with van der Waals surface area (Å²) in [4.78, 5) is 142. The topological polar surface area (TPSA) is 318 Å². The summed E-state index contributed by atoms with van der Waals surface area (Å²) in [5.74, 6) is -5.39. The van der Waals surface area contributed by atoms with Crippen molar-refractivity contribution in [2.45, 2.75) is 200 Å². The fourth-order valence-electron chi connectivity index (χ4n) is 12.6. The molecular weight excluding hydrogens is 1230 g/mol. The van der Waals surface area contributed by atoms with Crippen molar-refractivity contribution in [3.63, 3.8) is 0 Å². The van der Waals surface area contributed by atoms with Crippen molar-refractivity contribution in [2.75, 3.05) is 53.3 Å². The zero-order chi connectivity index (χ0) is 70.8. The number of likely N-dealkylation sites (tertiary alicyclic amines) is 1. The Kier molecular flexibility index (Phi) is 32.1. The molecule has 0 radical (unpaired) electrons. The van der Waals surface area contributed by atoms with Crippen molar-refractivity contribution in [1.29, 1.82) is 0 Å². The molecule has 1 unspecified atom stereocenters. The van der Waals surface area contributed by atoms with E-state index in [9.17, 15) is 53.1 Å². The molecule has 3 aromatic carbocycles. The lowest BCUT2D eigenvalue weighted by Crippen LogP contribution is -2.60. The lowest BCUT2D eigenvalue weighted by molar-refractivity contribution is -0.148. The molecule has 3 aromatic rings. The average molecular weight is 1340 g/mol. The summed E-state index contributed by atoms with van der Waals surface area (Å²) >= 11 is 0. The first-order chi connectivity index (χ1) is 45.8. The van der Waals surface area contributed by atoms with E-state index in [-0.39, 0.29) is 74.3 Å². The number of nitrogens with one attached hydrogen (secondary N) is 5. The SMILES string of the molecule is CC[C@H](C)[C@@H]([C@@H](CC(=O)N1CCC[C@H]1[C@H](OC)[C@@H](C)C(=O)N[C@H](C)[C@@H](O)c1ccccc1)OC)N(C)C(=O)[C@@H](NC(=O)C(C(C)C)N(C)C(=O)OCc1ccc(NC(=O)[C@H](CCCCN)NC(=O)[C@H](Cc2ccccc2)NC(=O)CCCCCN2C(=O)C=CC2=O)cc1)C(C)C. The van der Waals surface area contributed by atoms with Crippen LogP contribution in [0, 0.1) is 23.7 Å². The molecule has 24 heteroatoms. The maximum atomic E-state index is 14.8. The Morgan fingerprint density at radius 2 is 1.33 bits per heavy atom. The van der Waals surface area contributed by atoms with Gasteiger partial charge in [-0.25, -0.2) is 4.79 Å². The predicted molar refractivity (Wildman–Crippen MR) is 365 cm³/mol. The van der Waals surface area contributed by atoms with E-state index >= 15 is 0 Å². The number of carbonyl (C=O) groups excluding carboxylic acids is 10. The van der Waals surface area contributed by atoms with Gasteiger partial charge in [0.25, 0.3) is 11.8 Å². The van der Waals surface area contributed by atoms with Crippen LogP contribution in [-0.4, -0.2) is 186 Å². The van der Waals surface area contributed by atoms with Gasteiger partial charge in [0.1, 0.15) is 30.8 Å². The lowest BCUT2D eigenvalue weighted by atomic mass is 9.89. The maximum absolute atomic E-state index is 14.8. The van der Waals surface area contributed by atoms with Crippen LogP contribution >= 0.6 is 0 Å². The summed E-state index contributed by atoms with van der Waals surface area (Å²) in [6, 6.07) is 19.0. The van der Waals surface area contributed by atoms with Crippen molar-refractivity contribution in [1.82, 2.24) is 40.9 Å². The number of nitrogens with two attached hydrogens (primary N) is 1. The van der Waals surface area contributed by atoms with Gasteiger partial charge in [0.05, 0.1) is 48.8 Å². The molecule has 1 fully saturated rings. The van der Waals surface area contributed by atoms with Gasteiger partial charge in [0.15, 0.2) is 0 Å². The number of hydrogen-bond donors (Lipinski definition) is 7. The molecule has 8 N–H and O–H groups in total. The number of methoxy groups -OCH3 is 2. The molecule has 96 heavy (non-hydrogen) atoms. The standard InChI is InChI=1S/C72H106N10O14/c1-13-47(6)64(57(94-11)43-61(86)81-41-25-31-56(81)66(95-12)48(7)67(88)74-49(8)65(87)52-28-19-15-20-29-52)79(9)71(92)62(45(2)3)78-70(91)63(46(4)5)80(10)72(93)96-44-51-33-35-53(36-34-51)75-68(89)54(30-22-23-39-73)77-69(90)55(42-50-26-17-14-18-27-50)76-58(83)32-21-16-24-40-82-59(84)37-38-60(82)85/h14-15,17-20,26-29,33-38,45-49,54-57,62-66,87H,13,16,21-25,30-32,39-44,73H2,1-12H3,(H,74,88)(H,75,89)(H,76,83)(H,77,90)(H,78,91)/t47-,48+,49+,54-,55-,56-,57+,62-,63?,64-,65+,66+/m0/s1. The van der Waals surface area contributed by atoms with Gasteiger partial charge < -0.3 is 61.4 Å². The highest BCUT2D eigenvalue weighted by atomic mass is 16.6. The summed E-state index contributed by atoms with van der Waals surface area (Å²) in [7, 11) is 6.12. The molecule has 12 atom stereocenters. The van der Waals surface area contributed by atoms with E-state index in [2.05, 4.69) is 26.6 Å². The number of aliphatic hydroxyl groups is 1. The highest BCUT2D eigenvalue weighted by Gasteiger charge is 2.44. The number of benzene rings is 3. The summed E-state index contributed by atoms with van der Waals surface area (Å²) in [5, 5.41) is 25.5. The normalized spacial score (nSPS) is 17.3. The Bertz CT molecular complexity index is 3040. The predicted octanol–water partition coefficient (Wildman–Crippen LogP) is 6.34. The van der Waals surface area contributed by atoms with Crippen LogP contribution in [0.3, 0.4) is 0 Å². The third-order valence-electron chi connectivity index (χ3n) is 18.4. The fourth-order valence-corrected chi connectivity index (χ4v) is 12.6. The van der Waals surface area contributed by atoms with Crippen LogP contribution in [0.15, 0.2) is 97.1 Å². The summed E-state index contributed by atoms with van der Waals surface area (Å²) in [6.07, 6.45) is 4.28. The number of hydrogen-bond acceptors (Lipinski definition) is 15. The first kappa shape index (κ1) is 78.6. The minimum atomic E-state index is -1.07. The average Bonchev–Trinajstić information content (AvgIpc) is 1.29. The van der Waals surface area contributed by atoms with Crippen molar-refractivity contribution < 1.29 is 67.3 Å². The van der Waals surface area contributed by atoms with Crippen LogP contribution in [0.25, 0.3) is 0 Å². The minimum absolute atomic E-state index is 0.0850. The van der Waals surface area contributed by atoms with Crippen LogP contribution in [0.2, 0.25) is 0 Å². The highest BCUT2D eigenvalue weighted by Crippen LogP contribution is 2.31. The Morgan fingerprint density at radius 3 is 1.93 bits per heavy atom. The third kappa shape index (κ3) is 22.8. The number of ether oxygens (including phenoxy) is 3. The van der Waals surface area contributed by atoms with Gasteiger partial charge in [-0.2, -0.15) is 0 Å². The van der Waals surface area contributed by atoms with Crippen LogP contribution in [0.1, 0.15) is 149 Å².